The van der Waals surface area contributed by atoms with Gasteiger partial charge in [0.05, 0.1) is 0 Å². The lowest BCUT2D eigenvalue weighted by atomic mass is 10.1. The fourth-order valence-electron chi connectivity index (χ4n) is 2.32. The van der Waals surface area contributed by atoms with Crippen LogP contribution in [0.4, 0.5) is 5.69 Å². The molecule has 1 heterocycles. The van der Waals surface area contributed by atoms with Crippen LogP contribution in [0.3, 0.4) is 0 Å². The van der Waals surface area contributed by atoms with E-state index in [0.717, 1.165) is 24.3 Å². The first-order chi connectivity index (χ1) is 7.99. The van der Waals surface area contributed by atoms with Crippen molar-refractivity contribution in [3.63, 3.8) is 0 Å². The highest BCUT2D eigenvalue weighted by Crippen LogP contribution is 2.25. The van der Waals surface area contributed by atoms with Crippen LogP contribution in [0, 0.1) is 12.8 Å². The van der Waals surface area contributed by atoms with Gasteiger partial charge in [-0.05, 0) is 36.6 Å². The van der Waals surface area contributed by atoms with Crippen molar-refractivity contribution < 1.29 is 4.79 Å². The Morgan fingerprint density at radius 2 is 2.12 bits per heavy atom. The standard InChI is InChI=1S/C13H19N3O/c1-8-5-10(3-4-11(8)13(15)17)16-6-9(2)12(14)7-16/h3-5,9,12H,6-7,14H2,1-2H3,(H2,15,17). The Morgan fingerprint density at radius 1 is 1.41 bits per heavy atom. The van der Waals surface area contributed by atoms with E-state index in [1.165, 1.54) is 0 Å². The van der Waals surface area contributed by atoms with Crippen molar-refractivity contribution in [2.75, 3.05) is 18.0 Å². The van der Waals surface area contributed by atoms with E-state index in [4.69, 9.17) is 11.5 Å². The molecular formula is C13H19N3O. The van der Waals surface area contributed by atoms with E-state index in [-0.39, 0.29) is 11.9 Å². The maximum Gasteiger partial charge on any atom is 0.248 e. The zero-order valence-electron chi connectivity index (χ0n) is 10.3. The summed E-state index contributed by atoms with van der Waals surface area (Å²) in [7, 11) is 0. The van der Waals surface area contributed by atoms with Crippen molar-refractivity contribution in [3.8, 4) is 0 Å². The van der Waals surface area contributed by atoms with E-state index in [9.17, 15) is 4.79 Å². The van der Waals surface area contributed by atoms with Crippen LogP contribution < -0.4 is 16.4 Å². The summed E-state index contributed by atoms with van der Waals surface area (Å²) >= 11 is 0. The zero-order chi connectivity index (χ0) is 12.6. The van der Waals surface area contributed by atoms with Crippen LogP contribution in [0.15, 0.2) is 18.2 Å². The van der Waals surface area contributed by atoms with E-state index in [2.05, 4.69) is 11.8 Å². The molecule has 1 aliphatic rings. The van der Waals surface area contributed by atoms with Crippen LogP contribution in [-0.2, 0) is 0 Å². The summed E-state index contributed by atoms with van der Waals surface area (Å²) in [5.74, 6) is 0.131. The van der Waals surface area contributed by atoms with Gasteiger partial charge in [-0.15, -0.1) is 0 Å². The van der Waals surface area contributed by atoms with Crippen molar-refractivity contribution >= 4 is 11.6 Å². The van der Waals surface area contributed by atoms with Gasteiger partial charge in [0.15, 0.2) is 0 Å². The summed E-state index contributed by atoms with van der Waals surface area (Å²) in [6.07, 6.45) is 0. The quantitative estimate of drug-likeness (QED) is 0.796. The Labute approximate surface area is 102 Å². The number of anilines is 1. The number of primary amides is 1. The molecule has 4 heteroatoms. The molecule has 1 aromatic carbocycles. The van der Waals surface area contributed by atoms with Gasteiger partial charge in [-0.1, -0.05) is 6.92 Å². The monoisotopic (exact) mass is 233 g/mol. The fraction of sp³-hybridized carbons (Fsp3) is 0.462. The van der Waals surface area contributed by atoms with Gasteiger partial charge < -0.3 is 16.4 Å². The van der Waals surface area contributed by atoms with Crippen LogP contribution in [0.25, 0.3) is 0 Å². The molecule has 1 amide bonds. The van der Waals surface area contributed by atoms with Crippen LogP contribution >= 0.6 is 0 Å². The summed E-state index contributed by atoms with van der Waals surface area (Å²) in [5.41, 5.74) is 13.9. The molecule has 0 radical (unpaired) electrons. The van der Waals surface area contributed by atoms with Gasteiger partial charge in [0, 0.05) is 30.4 Å². The third-order valence-electron chi connectivity index (χ3n) is 3.51. The molecule has 2 rings (SSSR count). The van der Waals surface area contributed by atoms with E-state index in [1.807, 2.05) is 19.1 Å². The predicted octanol–water partition coefficient (Wildman–Crippen LogP) is 0.877. The van der Waals surface area contributed by atoms with Crippen LogP contribution in [0.1, 0.15) is 22.8 Å². The minimum Gasteiger partial charge on any atom is -0.370 e. The molecule has 1 fully saturated rings. The minimum absolute atomic E-state index is 0.228. The van der Waals surface area contributed by atoms with Crippen LogP contribution in [0.5, 0.6) is 0 Å². The number of hydrogen-bond donors (Lipinski definition) is 2. The summed E-state index contributed by atoms with van der Waals surface area (Å²) in [5, 5.41) is 0. The van der Waals surface area contributed by atoms with E-state index in [0.29, 0.717) is 11.5 Å². The maximum atomic E-state index is 11.1. The molecule has 1 aromatic rings. The minimum atomic E-state index is -0.374. The first-order valence-electron chi connectivity index (χ1n) is 5.90. The average molecular weight is 233 g/mol. The largest absolute Gasteiger partial charge is 0.370 e. The van der Waals surface area contributed by atoms with Crippen molar-refractivity contribution in [3.05, 3.63) is 29.3 Å². The summed E-state index contributed by atoms with van der Waals surface area (Å²) in [6.45, 7) is 5.91. The number of amides is 1. The molecule has 1 saturated heterocycles. The molecular weight excluding hydrogens is 214 g/mol. The highest BCUT2D eigenvalue weighted by Gasteiger charge is 2.26. The van der Waals surface area contributed by atoms with E-state index in [1.54, 1.807) is 6.07 Å². The second-order valence-electron chi connectivity index (χ2n) is 4.91. The Balaban J connectivity index is 2.24. The number of rotatable bonds is 2. The molecule has 4 N–H and O–H groups in total. The number of hydrogen-bond acceptors (Lipinski definition) is 3. The van der Waals surface area contributed by atoms with Gasteiger partial charge in [0.1, 0.15) is 0 Å². The Hall–Kier alpha value is -1.55. The van der Waals surface area contributed by atoms with E-state index >= 15 is 0 Å². The highest BCUT2D eigenvalue weighted by molar-refractivity contribution is 5.94. The van der Waals surface area contributed by atoms with Crippen molar-refractivity contribution in [2.24, 2.45) is 17.4 Å². The van der Waals surface area contributed by atoms with Crippen molar-refractivity contribution in [1.29, 1.82) is 0 Å². The average Bonchev–Trinajstić information content (AvgIpc) is 2.58. The Morgan fingerprint density at radius 3 is 2.59 bits per heavy atom. The smallest absolute Gasteiger partial charge is 0.248 e. The molecule has 17 heavy (non-hydrogen) atoms. The Kier molecular flexibility index (Phi) is 3.07. The lowest BCUT2D eigenvalue weighted by Crippen LogP contribution is -2.28. The zero-order valence-corrected chi connectivity index (χ0v) is 10.3. The highest BCUT2D eigenvalue weighted by atomic mass is 16.1. The second kappa shape index (κ2) is 4.37. The lowest BCUT2D eigenvalue weighted by molar-refractivity contribution is 0.1000. The first-order valence-corrected chi connectivity index (χ1v) is 5.90. The van der Waals surface area contributed by atoms with Gasteiger partial charge in [-0.3, -0.25) is 4.79 Å². The van der Waals surface area contributed by atoms with Gasteiger partial charge in [0.2, 0.25) is 5.91 Å². The molecule has 1 aliphatic heterocycles. The molecule has 92 valence electrons. The molecule has 0 aromatic heterocycles. The number of carbonyl (C=O) groups excluding carboxylic acids is 1. The van der Waals surface area contributed by atoms with Crippen LogP contribution in [-0.4, -0.2) is 25.0 Å². The van der Waals surface area contributed by atoms with E-state index < -0.39 is 0 Å². The lowest BCUT2D eigenvalue weighted by Gasteiger charge is -2.19. The number of benzene rings is 1. The van der Waals surface area contributed by atoms with Gasteiger partial charge in [-0.25, -0.2) is 0 Å². The molecule has 4 nitrogen and oxygen atoms in total. The SMILES string of the molecule is Cc1cc(N2CC(C)C(N)C2)ccc1C(N)=O. The third kappa shape index (κ3) is 2.26. The normalized spacial score (nSPS) is 24.1. The number of nitrogens with zero attached hydrogens (tertiary/aromatic N) is 1. The number of nitrogens with two attached hydrogens (primary N) is 2. The molecule has 2 unspecified atom stereocenters. The topological polar surface area (TPSA) is 72.3 Å². The third-order valence-corrected chi connectivity index (χ3v) is 3.51. The van der Waals surface area contributed by atoms with Gasteiger partial charge in [0.25, 0.3) is 0 Å². The second-order valence-corrected chi connectivity index (χ2v) is 4.91. The summed E-state index contributed by atoms with van der Waals surface area (Å²) in [6, 6.07) is 5.97. The Bertz CT molecular complexity index is 434. The summed E-state index contributed by atoms with van der Waals surface area (Å²) in [4.78, 5) is 13.4. The molecule has 0 saturated carbocycles. The molecule has 0 spiro atoms. The molecule has 0 bridgehead atoms. The molecule has 0 aliphatic carbocycles. The van der Waals surface area contributed by atoms with Crippen molar-refractivity contribution in [1.82, 2.24) is 0 Å². The van der Waals surface area contributed by atoms with Crippen molar-refractivity contribution in [2.45, 2.75) is 19.9 Å². The first kappa shape index (κ1) is 11.9. The summed E-state index contributed by atoms with van der Waals surface area (Å²) < 4.78 is 0. The molecule has 2 atom stereocenters. The van der Waals surface area contributed by atoms with Gasteiger partial charge >= 0.3 is 0 Å². The number of carbonyl (C=O) groups is 1. The number of aryl methyl sites for hydroxylation is 1. The maximum absolute atomic E-state index is 11.1. The fourth-order valence-corrected chi connectivity index (χ4v) is 2.32. The predicted molar refractivity (Wildman–Crippen MR) is 69.0 cm³/mol. The van der Waals surface area contributed by atoms with Gasteiger partial charge in [-0.2, -0.15) is 0 Å². The van der Waals surface area contributed by atoms with Crippen LogP contribution in [0.2, 0.25) is 0 Å².